The van der Waals surface area contributed by atoms with E-state index in [-0.39, 0.29) is 4.90 Å². The molecule has 3 rings (SSSR count). The van der Waals surface area contributed by atoms with Gasteiger partial charge in [-0.2, -0.15) is 0 Å². The predicted octanol–water partition coefficient (Wildman–Crippen LogP) is 4.46. The minimum Gasteiger partial charge on any atom is -0.381 e. The van der Waals surface area contributed by atoms with Crippen molar-refractivity contribution in [3.8, 4) is 0 Å². The molecule has 1 heterocycles. The van der Waals surface area contributed by atoms with E-state index in [0.29, 0.717) is 22.8 Å². The maximum atomic E-state index is 12.5. The Bertz CT molecular complexity index is 991. The number of aryl methyl sites for hydroxylation is 1. The lowest BCUT2D eigenvalue weighted by Crippen LogP contribution is -2.13. The zero-order chi connectivity index (χ0) is 18.6. The van der Waals surface area contributed by atoms with Crippen LogP contribution in [-0.2, 0) is 16.6 Å². The van der Waals surface area contributed by atoms with Crippen LogP contribution >= 0.6 is 11.6 Å². The molecule has 7 heteroatoms. The highest BCUT2D eigenvalue weighted by Crippen LogP contribution is 2.22. The molecule has 0 spiro atoms. The second-order valence-electron chi connectivity index (χ2n) is 5.80. The number of benzene rings is 2. The summed E-state index contributed by atoms with van der Waals surface area (Å²) in [7, 11) is -3.66. The smallest absolute Gasteiger partial charge is 0.261 e. The molecule has 0 radical (unpaired) electrons. The number of halogens is 1. The van der Waals surface area contributed by atoms with Crippen LogP contribution in [0.4, 0.5) is 11.4 Å². The Morgan fingerprint density at radius 1 is 0.962 bits per heavy atom. The molecule has 0 unspecified atom stereocenters. The Balaban J connectivity index is 1.67. The number of pyridine rings is 1. The summed E-state index contributed by atoms with van der Waals surface area (Å²) in [6.07, 6.45) is 3.49. The van der Waals surface area contributed by atoms with Gasteiger partial charge in [0, 0.05) is 35.3 Å². The third-order valence-corrected chi connectivity index (χ3v) is 5.63. The zero-order valence-corrected chi connectivity index (χ0v) is 15.7. The summed E-state index contributed by atoms with van der Waals surface area (Å²) < 4.78 is 27.5. The third-order valence-electron chi connectivity index (χ3n) is 3.82. The molecule has 2 aromatic carbocycles. The predicted molar refractivity (Wildman–Crippen MR) is 105 cm³/mol. The van der Waals surface area contributed by atoms with Crippen molar-refractivity contribution >= 4 is 33.0 Å². The van der Waals surface area contributed by atoms with Crippen molar-refractivity contribution in [1.29, 1.82) is 0 Å². The van der Waals surface area contributed by atoms with Gasteiger partial charge in [0.05, 0.1) is 4.90 Å². The van der Waals surface area contributed by atoms with Crippen LogP contribution in [0.3, 0.4) is 0 Å². The monoisotopic (exact) mass is 387 g/mol. The number of rotatable bonds is 6. The van der Waals surface area contributed by atoms with Crippen molar-refractivity contribution in [3.05, 3.63) is 83.1 Å². The molecule has 0 fully saturated rings. The summed E-state index contributed by atoms with van der Waals surface area (Å²) in [5.74, 6) is 0. The number of hydrogen-bond acceptors (Lipinski definition) is 4. The van der Waals surface area contributed by atoms with Crippen molar-refractivity contribution in [2.24, 2.45) is 0 Å². The van der Waals surface area contributed by atoms with Crippen molar-refractivity contribution in [2.45, 2.75) is 18.4 Å². The van der Waals surface area contributed by atoms with Gasteiger partial charge in [0.15, 0.2) is 0 Å². The van der Waals surface area contributed by atoms with E-state index in [9.17, 15) is 8.42 Å². The van der Waals surface area contributed by atoms with Crippen LogP contribution in [0.2, 0.25) is 5.02 Å². The standard InChI is InChI=1S/C19H18ClN3O2S/c1-14-12-18(6-7-19(14)20)26(24,25)23-17-4-2-16(3-5-17)22-13-15-8-10-21-11-9-15/h2-12,22-23H,13H2,1H3. The van der Waals surface area contributed by atoms with E-state index in [1.54, 1.807) is 43.6 Å². The number of aromatic nitrogens is 1. The summed E-state index contributed by atoms with van der Waals surface area (Å²) in [6, 6.07) is 15.6. The molecule has 0 saturated carbocycles. The molecule has 5 nitrogen and oxygen atoms in total. The first kappa shape index (κ1) is 18.2. The average Bonchev–Trinajstić information content (AvgIpc) is 2.64. The molecule has 0 bridgehead atoms. The lowest BCUT2D eigenvalue weighted by Gasteiger charge is -2.11. The first-order valence-electron chi connectivity index (χ1n) is 7.96. The van der Waals surface area contributed by atoms with E-state index in [2.05, 4.69) is 15.0 Å². The first-order chi connectivity index (χ1) is 12.4. The normalized spacial score (nSPS) is 11.2. The van der Waals surface area contributed by atoms with Gasteiger partial charge in [0.25, 0.3) is 10.0 Å². The second-order valence-corrected chi connectivity index (χ2v) is 7.89. The number of sulfonamides is 1. The van der Waals surface area contributed by atoms with E-state index in [0.717, 1.165) is 11.3 Å². The molecule has 2 N–H and O–H groups in total. The van der Waals surface area contributed by atoms with E-state index in [1.165, 1.54) is 6.07 Å². The largest absolute Gasteiger partial charge is 0.381 e. The highest BCUT2D eigenvalue weighted by atomic mass is 35.5. The molecule has 1 aromatic heterocycles. The minimum absolute atomic E-state index is 0.180. The molecular weight excluding hydrogens is 370 g/mol. The first-order valence-corrected chi connectivity index (χ1v) is 9.82. The Labute approximate surface area is 158 Å². The van der Waals surface area contributed by atoms with Gasteiger partial charge < -0.3 is 5.32 Å². The van der Waals surface area contributed by atoms with Crippen LogP contribution < -0.4 is 10.0 Å². The lowest BCUT2D eigenvalue weighted by atomic mass is 10.2. The molecule has 3 aromatic rings. The molecular formula is C19H18ClN3O2S. The Morgan fingerprint density at radius 2 is 1.62 bits per heavy atom. The Morgan fingerprint density at radius 3 is 2.27 bits per heavy atom. The van der Waals surface area contributed by atoms with E-state index in [4.69, 9.17) is 11.6 Å². The maximum absolute atomic E-state index is 12.5. The fraction of sp³-hybridized carbons (Fsp3) is 0.105. The van der Waals surface area contributed by atoms with Gasteiger partial charge in [-0.15, -0.1) is 0 Å². The van der Waals surface area contributed by atoms with Gasteiger partial charge in [-0.1, -0.05) is 11.6 Å². The van der Waals surface area contributed by atoms with Gasteiger partial charge in [-0.05, 0) is 72.6 Å². The van der Waals surface area contributed by atoms with Gasteiger partial charge in [-0.3, -0.25) is 9.71 Å². The lowest BCUT2D eigenvalue weighted by molar-refractivity contribution is 0.601. The van der Waals surface area contributed by atoms with Crippen LogP contribution in [0.1, 0.15) is 11.1 Å². The molecule has 0 atom stereocenters. The van der Waals surface area contributed by atoms with Gasteiger partial charge >= 0.3 is 0 Å². The number of anilines is 2. The van der Waals surface area contributed by atoms with E-state index >= 15 is 0 Å². The van der Waals surface area contributed by atoms with Gasteiger partial charge in [0.1, 0.15) is 0 Å². The van der Waals surface area contributed by atoms with Gasteiger partial charge in [0.2, 0.25) is 0 Å². The fourth-order valence-electron chi connectivity index (χ4n) is 2.36. The average molecular weight is 388 g/mol. The van der Waals surface area contributed by atoms with Crippen LogP contribution in [-0.4, -0.2) is 13.4 Å². The number of nitrogens with one attached hydrogen (secondary N) is 2. The van der Waals surface area contributed by atoms with Crippen molar-refractivity contribution in [1.82, 2.24) is 4.98 Å². The summed E-state index contributed by atoms with van der Waals surface area (Å²) in [5.41, 5.74) is 3.22. The van der Waals surface area contributed by atoms with Crippen LogP contribution in [0.5, 0.6) is 0 Å². The summed E-state index contributed by atoms with van der Waals surface area (Å²) in [5, 5.41) is 3.81. The van der Waals surface area contributed by atoms with Crippen LogP contribution in [0.25, 0.3) is 0 Å². The summed E-state index contributed by atoms with van der Waals surface area (Å²) in [4.78, 5) is 4.16. The molecule has 0 saturated heterocycles. The molecule has 0 aliphatic carbocycles. The molecule has 134 valence electrons. The maximum Gasteiger partial charge on any atom is 0.261 e. The summed E-state index contributed by atoms with van der Waals surface area (Å²) in [6.45, 7) is 2.43. The minimum atomic E-state index is -3.66. The SMILES string of the molecule is Cc1cc(S(=O)(=O)Nc2ccc(NCc3ccncc3)cc2)ccc1Cl. The zero-order valence-electron chi connectivity index (χ0n) is 14.1. The van der Waals surface area contributed by atoms with Crippen molar-refractivity contribution < 1.29 is 8.42 Å². The van der Waals surface area contributed by atoms with E-state index < -0.39 is 10.0 Å². The highest BCUT2D eigenvalue weighted by Gasteiger charge is 2.15. The van der Waals surface area contributed by atoms with Crippen molar-refractivity contribution in [3.63, 3.8) is 0 Å². The van der Waals surface area contributed by atoms with Crippen molar-refractivity contribution in [2.75, 3.05) is 10.0 Å². The number of nitrogens with zero attached hydrogens (tertiary/aromatic N) is 1. The Hall–Kier alpha value is -2.57. The highest BCUT2D eigenvalue weighted by molar-refractivity contribution is 7.92. The Kier molecular flexibility index (Phi) is 5.44. The summed E-state index contributed by atoms with van der Waals surface area (Å²) >= 11 is 5.96. The molecule has 26 heavy (non-hydrogen) atoms. The molecule has 0 aliphatic rings. The van der Waals surface area contributed by atoms with Gasteiger partial charge in [-0.25, -0.2) is 8.42 Å². The quantitative estimate of drug-likeness (QED) is 0.655. The topological polar surface area (TPSA) is 71.1 Å². The molecule has 0 amide bonds. The van der Waals surface area contributed by atoms with E-state index in [1.807, 2.05) is 24.3 Å². The molecule has 0 aliphatic heterocycles. The van der Waals surface area contributed by atoms with Crippen LogP contribution in [0.15, 0.2) is 71.9 Å². The number of hydrogen-bond donors (Lipinski definition) is 2. The fourth-order valence-corrected chi connectivity index (χ4v) is 3.62. The second kappa shape index (κ2) is 7.76. The third kappa shape index (κ3) is 4.53. The van der Waals surface area contributed by atoms with Crippen LogP contribution in [0, 0.1) is 6.92 Å².